The van der Waals surface area contributed by atoms with E-state index in [9.17, 15) is 13.2 Å². The maximum Gasteiger partial charge on any atom is 0.263 e. The molecule has 0 radical (unpaired) electrons. The Labute approximate surface area is 167 Å². The van der Waals surface area contributed by atoms with Gasteiger partial charge in [-0.15, -0.1) is 0 Å². The van der Waals surface area contributed by atoms with Gasteiger partial charge in [0.25, 0.3) is 5.91 Å². The number of carbonyl (C=O) groups excluding carboxylic acids is 1. The van der Waals surface area contributed by atoms with Crippen LogP contribution in [0.5, 0.6) is 5.75 Å². The quantitative estimate of drug-likeness (QED) is 0.654. The predicted molar refractivity (Wildman–Crippen MR) is 109 cm³/mol. The van der Waals surface area contributed by atoms with Crippen LogP contribution in [0.1, 0.15) is 13.3 Å². The summed E-state index contributed by atoms with van der Waals surface area (Å²) >= 11 is 0. The molecule has 1 N–H and O–H groups in total. The Morgan fingerprint density at radius 2 is 1.93 bits per heavy atom. The molecule has 2 heterocycles. The molecule has 2 aliphatic heterocycles. The number of piperazine rings is 1. The lowest BCUT2D eigenvalue weighted by molar-refractivity contribution is -0.127. The van der Waals surface area contributed by atoms with Gasteiger partial charge in [0, 0.05) is 32.7 Å². The Balaban J connectivity index is 1.54. The van der Waals surface area contributed by atoms with Crippen LogP contribution in [0.4, 0.5) is 5.69 Å². The maximum absolute atomic E-state index is 12.6. The van der Waals surface area contributed by atoms with Gasteiger partial charge >= 0.3 is 0 Å². The zero-order chi connectivity index (χ0) is 20.1. The number of carbonyl (C=O) groups is 1. The van der Waals surface area contributed by atoms with Gasteiger partial charge in [-0.05, 0) is 39.1 Å². The lowest BCUT2D eigenvalue weighted by atomic mass is 10.2. The Hall–Kier alpha value is -1.84. The van der Waals surface area contributed by atoms with E-state index in [0.29, 0.717) is 18.0 Å². The number of nitrogens with one attached hydrogen (secondary N) is 1. The summed E-state index contributed by atoms with van der Waals surface area (Å²) in [5.74, 6) is 0.119. The summed E-state index contributed by atoms with van der Waals surface area (Å²) in [5.41, 5.74) is 0.489. The van der Waals surface area contributed by atoms with Crippen LogP contribution in [0, 0.1) is 0 Å². The van der Waals surface area contributed by atoms with Gasteiger partial charge in [-0.25, -0.2) is 8.42 Å². The second-order valence-electron chi connectivity index (χ2n) is 7.30. The van der Waals surface area contributed by atoms with Crippen molar-refractivity contribution in [1.82, 2.24) is 15.1 Å². The van der Waals surface area contributed by atoms with Crippen LogP contribution in [0.2, 0.25) is 0 Å². The van der Waals surface area contributed by atoms with Crippen LogP contribution in [-0.2, 0) is 14.8 Å². The van der Waals surface area contributed by atoms with Gasteiger partial charge < -0.3 is 19.9 Å². The summed E-state index contributed by atoms with van der Waals surface area (Å²) in [6.07, 6.45) is 0.00953. The average Bonchev–Trinajstić information content (AvgIpc) is 2.71. The monoisotopic (exact) mass is 410 g/mol. The number of anilines is 1. The van der Waals surface area contributed by atoms with Crippen LogP contribution < -0.4 is 14.4 Å². The highest BCUT2D eigenvalue weighted by Crippen LogP contribution is 2.34. The Morgan fingerprint density at radius 1 is 1.21 bits per heavy atom. The van der Waals surface area contributed by atoms with E-state index in [1.807, 2.05) is 0 Å². The number of rotatable bonds is 7. The summed E-state index contributed by atoms with van der Waals surface area (Å²) in [7, 11) is -1.36. The molecule has 1 amide bonds. The molecule has 1 aromatic rings. The minimum atomic E-state index is -3.48. The molecule has 0 aliphatic carbocycles. The number of benzene rings is 1. The molecule has 0 aromatic heterocycles. The number of fused-ring (bicyclic) bond motifs is 1. The van der Waals surface area contributed by atoms with Gasteiger partial charge in [0.15, 0.2) is 6.10 Å². The first-order valence-corrected chi connectivity index (χ1v) is 11.5. The molecule has 156 valence electrons. The van der Waals surface area contributed by atoms with E-state index < -0.39 is 16.1 Å². The number of para-hydroxylation sites is 2. The van der Waals surface area contributed by atoms with Gasteiger partial charge in [-0.3, -0.25) is 9.10 Å². The van der Waals surface area contributed by atoms with Crippen molar-refractivity contribution in [3.63, 3.8) is 0 Å². The van der Waals surface area contributed by atoms with Gasteiger partial charge in [-0.1, -0.05) is 12.1 Å². The average molecular weight is 411 g/mol. The molecule has 1 saturated heterocycles. The summed E-state index contributed by atoms with van der Waals surface area (Å²) in [5, 5.41) is 2.90. The van der Waals surface area contributed by atoms with E-state index in [1.165, 1.54) is 4.31 Å². The largest absolute Gasteiger partial charge is 0.476 e. The molecule has 0 spiro atoms. The summed E-state index contributed by atoms with van der Waals surface area (Å²) in [4.78, 5) is 17.3. The number of hydrogen-bond acceptors (Lipinski definition) is 6. The van der Waals surface area contributed by atoms with Crippen molar-refractivity contribution in [2.24, 2.45) is 0 Å². The molecule has 1 atom stereocenters. The number of sulfonamides is 1. The highest BCUT2D eigenvalue weighted by molar-refractivity contribution is 7.92. The third kappa shape index (κ3) is 4.95. The van der Waals surface area contributed by atoms with Crippen molar-refractivity contribution in [3.05, 3.63) is 24.3 Å². The van der Waals surface area contributed by atoms with Crippen molar-refractivity contribution in [3.8, 4) is 5.75 Å². The van der Waals surface area contributed by atoms with Crippen molar-refractivity contribution >= 4 is 21.6 Å². The van der Waals surface area contributed by atoms with Crippen LogP contribution in [0.15, 0.2) is 24.3 Å². The molecule has 1 aromatic carbocycles. The van der Waals surface area contributed by atoms with E-state index in [0.717, 1.165) is 39.1 Å². The molecule has 9 heteroatoms. The van der Waals surface area contributed by atoms with E-state index in [1.54, 1.807) is 31.2 Å². The minimum absolute atomic E-state index is 0.00250. The van der Waals surface area contributed by atoms with Crippen molar-refractivity contribution in [2.45, 2.75) is 19.4 Å². The molecule has 3 rings (SSSR count). The Morgan fingerprint density at radius 3 is 2.64 bits per heavy atom. The number of ether oxygens (including phenoxy) is 1. The first-order chi connectivity index (χ1) is 13.4. The molecular weight excluding hydrogens is 380 g/mol. The molecule has 0 bridgehead atoms. The zero-order valence-corrected chi connectivity index (χ0v) is 17.5. The third-order valence-electron chi connectivity index (χ3n) is 5.27. The Bertz CT molecular complexity index is 778. The summed E-state index contributed by atoms with van der Waals surface area (Å²) in [6, 6.07) is 6.93. The van der Waals surface area contributed by atoms with Crippen molar-refractivity contribution < 1.29 is 17.9 Å². The van der Waals surface area contributed by atoms with Gasteiger partial charge in [0.1, 0.15) is 5.75 Å². The summed E-state index contributed by atoms with van der Waals surface area (Å²) in [6.45, 7) is 7.34. The van der Waals surface area contributed by atoms with Crippen molar-refractivity contribution in [2.75, 3.05) is 62.9 Å². The first-order valence-electron chi connectivity index (χ1n) is 9.85. The Kier molecular flexibility index (Phi) is 6.79. The predicted octanol–water partition coefficient (Wildman–Crippen LogP) is 0.357. The third-order valence-corrected chi connectivity index (χ3v) is 7.02. The number of amides is 1. The van der Waals surface area contributed by atoms with Crippen LogP contribution in [-0.4, -0.2) is 88.8 Å². The van der Waals surface area contributed by atoms with Gasteiger partial charge in [-0.2, -0.15) is 0 Å². The molecule has 1 fully saturated rings. The fourth-order valence-electron chi connectivity index (χ4n) is 3.46. The van der Waals surface area contributed by atoms with Crippen LogP contribution >= 0.6 is 0 Å². The smallest absolute Gasteiger partial charge is 0.263 e. The molecule has 0 saturated carbocycles. The lowest BCUT2D eigenvalue weighted by Gasteiger charge is -2.34. The highest BCUT2D eigenvalue weighted by atomic mass is 32.2. The minimum Gasteiger partial charge on any atom is -0.476 e. The molecule has 0 unspecified atom stereocenters. The standard InChI is InChI=1S/C19H30N4O4S/c1-3-28(25,26)23-15-18(27-17-8-5-4-7-16(17)23)19(24)20-9-6-10-22-13-11-21(2)12-14-22/h4-5,7-8,18H,3,6,9-15H2,1-2H3,(H,20,24)/t18-/m1/s1. The fraction of sp³-hybridized carbons (Fsp3) is 0.632. The SMILES string of the molecule is CCS(=O)(=O)N1C[C@H](C(=O)NCCCN2CCN(C)CC2)Oc2ccccc21. The lowest BCUT2D eigenvalue weighted by Crippen LogP contribution is -2.51. The van der Waals surface area contributed by atoms with E-state index >= 15 is 0 Å². The molecular formula is C19H30N4O4S. The van der Waals surface area contributed by atoms with E-state index in [4.69, 9.17) is 4.74 Å². The summed E-state index contributed by atoms with van der Waals surface area (Å²) < 4.78 is 32.0. The van der Waals surface area contributed by atoms with Crippen LogP contribution in [0.25, 0.3) is 0 Å². The van der Waals surface area contributed by atoms with E-state index in [2.05, 4.69) is 22.2 Å². The first kappa shape index (κ1) is 20.9. The van der Waals surface area contributed by atoms with Crippen LogP contribution in [0.3, 0.4) is 0 Å². The molecule has 2 aliphatic rings. The molecule has 28 heavy (non-hydrogen) atoms. The second-order valence-corrected chi connectivity index (χ2v) is 9.48. The number of nitrogens with zero attached hydrogens (tertiary/aromatic N) is 3. The van der Waals surface area contributed by atoms with Gasteiger partial charge in [0.05, 0.1) is 18.0 Å². The van der Waals surface area contributed by atoms with Gasteiger partial charge in [0.2, 0.25) is 10.0 Å². The van der Waals surface area contributed by atoms with E-state index in [-0.39, 0.29) is 18.2 Å². The maximum atomic E-state index is 12.6. The highest BCUT2D eigenvalue weighted by Gasteiger charge is 2.35. The second kappa shape index (κ2) is 9.11. The number of likely N-dealkylation sites (N-methyl/N-ethyl adjacent to an activating group) is 1. The number of hydrogen-bond donors (Lipinski definition) is 1. The molecule has 8 nitrogen and oxygen atoms in total. The normalized spacial score (nSPS) is 21.1. The van der Waals surface area contributed by atoms with Crippen molar-refractivity contribution in [1.29, 1.82) is 0 Å². The fourth-order valence-corrected chi connectivity index (χ4v) is 4.58. The zero-order valence-electron chi connectivity index (χ0n) is 16.6. The topological polar surface area (TPSA) is 82.2 Å².